The number of hydrogen-bond acceptors (Lipinski definition) is 4. The fourth-order valence-electron chi connectivity index (χ4n) is 0.642. The van der Waals surface area contributed by atoms with Crippen LogP contribution in [0.15, 0.2) is 4.52 Å². The summed E-state index contributed by atoms with van der Waals surface area (Å²) in [4.78, 5) is 4.10. The van der Waals surface area contributed by atoms with E-state index >= 15 is 0 Å². The van der Waals surface area contributed by atoms with E-state index in [1.54, 1.807) is 0 Å². The molecule has 1 aromatic rings. The summed E-state index contributed by atoms with van der Waals surface area (Å²) in [6.07, 6.45) is 0. The molecule has 1 rings (SSSR count). The Bertz CT molecular complexity index is 241. The van der Waals surface area contributed by atoms with Crippen molar-refractivity contribution in [1.82, 2.24) is 10.1 Å². The molecule has 0 aliphatic carbocycles. The predicted octanol–water partition coefficient (Wildman–Crippen LogP) is 1.25. The molecule has 0 spiro atoms. The molecule has 1 heterocycles. The van der Waals surface area contributed by atoms with Gasteiger partial charge in [0.25, 0.3) is 0 Å². The lowest BCUT2D eigenvalue weighted by molar-refractivity contribution is 0.318. The van der Waals surface area contributed by atoms with Crippen molar-refractivity contribution < 1.29 is 4.52 Å². The van der Waals surface area contributed by atoms with Crippen LogP contribution in [0.1, 0.15) is 32.5 Å². The van der Waals surface area contributed by atoms with E-state index in [4.69, 9.17) is 10.3 Å². The van der Waals surface area contributed by atoms with Crippen LogP contribution in [0.3, 0.4) is 0 Å². The third-order valence-corrected chi connectivity index (χ3v) is 1.29. The van der Waals surface area contributed by atoms with Crippen molar-refractivity contribution in [1.29, 1.82) is 0 Å². The van der Waals surface area contributed by atoms with E-state index < -0.39 is 0 Å². The van der Waals surface area contributed by atoms with Gasteiger partial charge in [0.05, 0.1) is 6.54 Å². The Morgan fingerprint density at radius 3 is 2.25 bits per heavy atom. The Morgan fingerprint density at radius 1 is 1.42 bits per heavy atom. The Labute approximate surface area is 77.9 Å². The van der Waals surface area contributed by atoms with E-state index in [0.29, 0.717) is 18.3 Å². The highest BCUT2D eigenvalue weighted by Gasteiger charge is 2.20. The Hall–Kier alpha value is -0.610. The first-order chi connectivity index (χ1) is 5.04. The lowest BCUT2D eigenvalue weighted by Gasteiger charge is -2.10. The summed E-state index contributed by atoms with van der Waals surface area (Å²) in [6, 6.07) is 0. The van der Waals surface area contributed by atoms with Crippen molar-refractivity contribution >= 4 is 12.4 Å². The zero-order valence-corrected chi connectivity index (χ0v) is 8.31. The zero-order chi connectivity index (χ0) is 8.48. The molecule has 0 amide bonds. The first kappa shape index (κ1) is 11.4. The van der Waals surface area contributed by atoms with E-state index in [9.17, 15) is 0 Å². The van der Waals surface area contributed by atoms with Crippen molar-refractivity contribution in [3.05, 3.63) is 11.7 Å². The van der Waals surface area contributed by atoms with E-state index in [1.807, 2.05) is 20.8 Å². The molecule has 0 bridgehead atoms. The second-order valence-electron chi connectivity index (χ2n) is 3.47. The van der Waals surface area contributed by atoms with Gasteiger partial charge in [0.1, 0.15) is 0 Å². The first-order valence-electron chi connectivity index (χ1n) is 3.57. The van der Waals surface area contributed by atoms with Gasteiger partial charge in [0.2, 0.25) is 5.89 Å². The van der Waals surface area contributed by atoms with Gasteiger partial charge in [0, 0.05) is 5.41 Å². The third-order valence-electron chi connectivity index (χ3n) is 1.29. The van der Waals surface area contributed by atoms with Crippen LogP contribution in [0, 0.1) is 0 Å². The molecule has 12 heavy (non-hydrogen) atoms. The molecule has 2 N–H and O–H groups in total. The molecule has 0 aromatic carbocycles. The first-order valence-corrected chi connectivity index (χ1v) is 3.57. The van der Waals surface area contributed by atoms with Gasteiger partial charge in [0.15, 0.2) is 5.82 Å². The molecule has 4 nitrogen and oxygen atoms in total. The van der Waals surface area contributed by atoms with Crippen molar-refractivity contribution in [3.63, 3.8) is 0 Å². The van der Waals surface area contributed by atoms with Crippen molar-refractivity contribution in [2.75, 3.05) is 0 Å². The summed E-state index contributed by atoms with van der Waals surface area (Å²) in [6.45, 7) is 6.38. The van der Waals surface area contributed by atoms with Crippen LogP contribution >= 0.6 is 12.4 Å². The molecule has 0 radical (unpaired) electrons. The molecule has 0 unspecified atom stereocenters. The van der Waals surface area contributed by atoms with Crippen molar-refractivity contribution in [3.8, 4) is 0 Å². The standard InChI is InChI=1S/C7H13N3O.ClH/c1-7(2,3)6-9-5(4-8)10-11-6;/h4,8H2,1-3H3;1H. The monoisotopic (exact) mass is 191 g/mol. The van der Waals surface area contributed by atoms with Crippen LogP contribution < -0.4 is 5.73 Å². The molecule has 70 valence electrons. The van der Waals surface area contributed by atoms with Crippen molar-refractivity contribution in [2.24, 2.45) is 5.73 Å². The van der Waals surface area contributed by atoms with Crippen LogP contribution in [-0.2, 0) is 12.0 Å². The maximum Gasteiger partial charge on any atom is 0.232 e. The number of rotatable bonds is 1. The SMILES string of the molecule is CC(C)(C)c1nc(CN)no1.Cl. The largest absolute Gasteiger partial charge is 0.339 e. The smallest absolute Gasteiger partial charge is 0.232 e. The minimum absolute atomic E-state index is 0. The number of aromatic nitrogens is 2. The average Bonchev–Trinajstić information content (AvgIpc) is 2.32. The molecule has 0 atom stereocenters. The Kier molecular flexibility index (Phi) is 3.67. The molecular formula is C7H14ClN3O. The molecule has 1 aromatic heterocycles. The quantitative estimate of drug-likeness (QED) is 0.726. The van der Waals surface area contributed by atoms with Gasteiger partial charge in [-0.25, -0.2) is 0 Å². The van der Waals surface area contributed by atoms with Gasteiger partial charge in [-0.05, 0) is 0 Å². The van der Waals surface area contributed by atoms with Gasteiger partial charge in [-0.15, -0.1) is 12.4 Å². The maximum atomic E-state index is 5.32. The Morgan fingerprint density at radius 2 is 2.00 bits per heavy atom. The summed E-state index contributed by atoms with van der Waals surface area (Å²) >= 11 is 0. The maximum absolute atomic E-state index is 5.32. The minimum atomic E-state index is -0.0829. The lowest BCUT2D eigenvalue weighted by atomic mass is 9.97. The van der Waals surface area contributed by atoms with E-state index in [2.05, 4.69) is 10.1 Å². The molecule has 0 saturated heterocycles. The number of nitrogens with zero attached hydrogens (tertiary/aromatic N) is 2. The summed E-state index contributed by atoms with van der Waals surface area (Å²) in [5.41, 5.74) is 5.24. The second-order valence-corrected chi connectivity index (χ2v) is 3.47. The molecule has 5 heteroatoms. The fraction of sp³-hybridized carbons (Fsp3) is 0.714. The van der Waals surface area contributed by atoms with Gasteiger partial charge < -0.3 is 10.3 Å². The molecule has 0 aliphatic heterocycles. The molecule has 0 fully saturated rings. The van der Waals surface area contributed by atoms with E-state index in [0.717, 1.165) is 0 Å². The van der Waals surface area contributed by atoms with Gasteiger partial charge in [-0.1, -0.05) is 25.9 Å². The highest BCUT2D eigenvalue weighted by atomic mass is 35.5. The minimum Gasteiger partial charge on any atom is -0.339 e. The van der Waals surface area contributed by atoms with Gasteiger partial charge in [-0.2, -0.15) is 4.98 Å². The molecular weight excluding hydrogens is 178 g/mol. The van der Waals surface area contributed by atoms with E-state index in [1.165, 1.54) is 0 Å². The summed E-state index contributed by atoms with van der Waals surface area (Å²) in [7, 11) is 0. The highest BCUT2D eigenvalue weighted by Crippen LogP contribution is 2.19. The summed E-state index contributed by atoms with van der Waals surface area (Å²) in [5.74, 6) is 1.20. The normalized spacial score (nSPS) is 11.0. The molecule has 0 saturated carbocycles. The zero-order valence-electron chi connectivity index (χ0n) is 7.50. The number of halogens is 1. The molecule has 0 aliphatic rings. The van der Waals surface area contributed by atoms with Crippen LogP contribution in [-0.4, -0.2) is 10.1 Å². The van der Waals surface area contributed by atoms with Crippen LogP contribution in [0.25, 0.3) is 0 Å². The second kappa shape index (κ2) is 3.87. The Balaban J connectivity index is 0.00000121. The fourth-order valence-corrected chi connectivity index (χ4v) is 0.642. The summed E-state index contributed by atoms with van der Waals surface area (Å²) < 4.78 is 4.98. The predicted molar refractivity (Wildman–Crippen MR) is 48.1 cm³/mol. The van der Waals surface area contributed by atoms with Gasteiger partial charge in [-0.3, -0.25) is 0 Å². The number of nitrogens with two attached hydrogens (primary N) is 1. The average molecular weight is 192 g/mol. The van der Waals surface area contributed by atoms with Crippen LogP contribution in [0.2, 0.25) is 0 Å². The lowest BCUT2D eigenvalue weighted by Crippen LogP contribution is -2.11. The topological polar surface area (TPSA) is 64.9 Å². The highest BCUT2D eigenvalue weighted by molar-refractivity contribution is 5.85. The van der Waals surface area contributed by atoms with Crippen molar-refractivity contribution in [2.45, 2.75) is 32.7 Å². The van der Waals surface area contributed by atoms with Crippen LogP contribution in [0.4, 0.5) is 0 Å². The van der Waals surface area contributed by atoms with Crippen LogP contribution in [0.5, 0.6) is 0 Å². The summed E-state index contributed by atoms with van der Waals surface area (Å²) in [5, 5.41) is 3.69. The third kappa shape index (κ3) is 2.46. The number of hydrogen-bond donors (Lipinski definition) is 1. The van der Waals surface area contributed by atoms with E-state index in [-0.39, 0.29) is 17.8 Å². The van der Waals surface area contributed by atoms with Gasteiger partial charge >= 0.3 is 0 Å².